The highest BCUT2D eigenvalue weighted by Gasteiger charge is 2.34. The number of rotatable bonds is 8. The zero-order chi connectivity index (χ0) is 21.2. The number of fused-ring (bicyclic) bond motifs is 1. The van der Waals surface area contributed by atoms with Crippen molar-refractivity contribution >= 4 is 32.2 Å². The van der Waals surface area contributed by atoms with Gasteiger partial charge in [0.25, 0.3) is 0 Å². The van der Waals surface area contributed by atoms with E-state index in [0.717, 1.165) is 0 Å². The molecule has 156 valence electrons. The fourth-order valence-electron chi connectivity index (χ4n) is 3.64. The topological polar surface area (TPSA) is 127 Å². The molecule has 0 spiro atoms. The quantitative estimate of drug-likeness (QED) is 0.267. The predicted octanol–water partition coefficient (Wildman–Crippen LogP) is 3.66. The molecule has 2 aromatic heterocycles. The Hall–Kier alpha value is -2.13. The fraction of sp³-hybridized carbons (Fsp3) is 0.556. The van der Waals surface area contributed by atoms with Crippen LogP contribution in [0.25, 0.3) is 21.2 Å². The summed E-state index contributed by atoms with van der Waals surface area (Å²) in [5, 5.41) is 5.53. The summed E-state index contributed by atoms with van der Waals surface area (Å²) in [6, 6.07) is 1.68. The summed E-state index contributed by atoms with van der Waals surface area (Å²) < 4.78 is 34.1. The zero-order valence-corrected chi connectivity index (χ0v) is 17.9. The van der Waals surface area contributed by atoms with Gasteiger partial charge in [0, 0.05) is 30.7 Å². The minimum atomic E-state index is -3.00. The summed E-state index contributed by atoms with van der Waals surface area (Å²) in [4.78, 5) is 11.5. The van der Waals surface area contributed by atoms with Crippen LogP contribution in [0.3, 0.4) is 0 Å². The second kappa shape index (κ2) is 8.31. The van der Waals surface area contributed by atoms with E-state index in [4.69, 9.17) is 26.6 Å². The first kappa shape index (κ1) is 21.6. The Morgan fingerprint density at radius 3 is 2.69 bits per heavy atom. The third kappa shape index (κ3) is 4.90. The van der Waals surface area contributed by atoms with Crippen LogP contribution in [0.2, 0.25) is 5.15 Å². The van der Waals surface area contributed by atoms with E-state index in [1.807, 2.05) is 0 Å². The lowest BCUT2D eigenvalue weighted by molar-refractivity contribution is 0.0724. The molecule has 0 aliphatic heterocycles. The number of ether oxygens (including phenoxy) is 2. The van der Waals surface area contributed by atoms with Gasteiger partial charge in [0.05, 0.1) is 23.3 Å². The molecule has 1 aliphatic carbocycles. The van der Waals surface area contributed by atoms with Gasteiger partial charge in [-0.05, 0) is 48.2 Å². The van der Waals surface area contributed by atoms with E-state index in [-0.39, 0.29) is 29.5 Å². The molecule has 0 radical (unpaired) electrons. The molecule has 0 saturated heterocycles. The number of sulfone groups is 1. The van der Waals surface area contributed by atoms with Crippen molar-refractivity contribution < 1.29 is 17.9 Å². The Bertz CT molecular complexity index is 1070. The monoisotopic (exact) mass is 439 g/mol. The van der Waals surface area contributed by atoms with E-state index in [1.165, 1.54) is 13.4 Å². The highest BCUT2D eigenvalue weighted by molar-refractivity contribution is 7.90. The summed E-state index contributed by atoms with van der Waals surface area (Å²) in [6.45, 7) is 1.91. The normalized spacial score (nSPS) is 21.1. The minimum Gasteiger partial charge on any atom is -0.474 e. The minimum absolute atomic E-state index is 0.100. The van der Waals surface area contributed by atoms with Crippen molar-refractivity contribution in [3.05, 3.63) is 39.6 Å². The van der Waals surface area contributed by atoms with E-state index >= 15 is 0 Å². The van der Waals surface area contributed by atoms with Gasteiger partial charge in [-0.1, -0.05) is 16.7 Å². The third-order valence-electron chi connectivity index (χ3n) is 4.98. The molecule has 2 aromatic rings. The van der Waals surface area contributed by atoms with Crippen molar-refractivity contribution in [2.75, 3.05) is 25.7 Å². The number of methoxy groups -OCH3 is 1. The average Bonchev–Trinajstić information content (AvgIpc) is 2.58. The lowest BCUT2D eigenvalue weighted by Crippen LogP contribution is -2.37. The number of pyridine rings is 2. The first-order chi connectivity index (χ1) is 13.6. The molecular weight excluding hydrogens is 418 g/mol. The second-order valence-corrected chi connectivity index (χ2v) is 10.2. The van der Waals surface area contributed by atoms with Gasteiger partial charge in [-0.25, -0.2) is 18.4 Å². The number of nitrogens with zero attached hydrogens (tertiary/aromatic N) is 5. The summed E-state index contributed by atoms with van der Waals surface area (Å²) in [5.41, 5.74) is 8.67. The van der Waals surface area contributed by atoms with Gasteiger partial charge in [0.1, 0.15) is 21.1 Å². The number of azide groups is 1. The highest BCUT2D eigenvalue weighted by Crippen LogP contribution is 2.38. The maximum atomic E-state index is 11.4. The lowest BCUT2D eigenvalue weighted by Gasteiger charge is -2.35. The van der Waals surface area contributed by atoms with Crippen LogP contribution in [0.15, 0.2) is 23.6 Å². The molecule has 1 aliphatic rings. The molecule has 0 aromatic carbocycles. The van der Waals surface area contributed by atoms with Crippen molar-refractivity contribution in [3.63, 3.8) is 0 Å². The van der Waals surface area contributed by atoms with E-state index in [1.54, 1.807) is 25.4 Å². The summed E-state index contributed by atoms with van der Waals surface area (Å²) >= 11 is 6.11. The van der Waals surface area contributed by atoms with Crippen LogP contribution < -0.4 is 4.74 Å². The number of hydrogen-bond donors (Lipinski definition) is 0. The molecule has 2 heterocycles. The maximum Gasteiger partial charge on any atom is 0.223 e. The Balaban J connectivity index is 1.93. The first-order valence-electron chi connectivity index (χ1n) is 8.99. The van der Waals surface area contributed by atoms with Gasteiger partial charge in [-0.15, -0.1) is 0 Å². The van der Waals surface area contributed by atoms with E-state index < -0.39 is 15.4 Å². The Morgan fingerprint density at radius 1 is 1.34 bits per heavy atom. The van der Waals surface area contributed by atoms with Gasteiger partial charge in [-0.3, -0.25) is 0 Å². The Kier molecular flexibility index (Phi) is 6.19. The summed E-state index contributed by atoms with van der Waals surface area (Å²) in [5.74, 6) is 0.651. The van der Waals surface area contributed by atoms with Crippen molar-refractivity contribution in [2.24, 2.45) is 11.0 Å². The van der Waals surface area contributed by atoms with Crippen LogP contribution in [0, 0.1) is 5.92 Å². The molecule has 0 amide bonds. The van der Waals surface area contributed by atoms with Crippen molar-refractivity contribution in [3.8, 4) is 5.88 Å². The van der Waals surface area contributed by atoms with E-state index in [0.29, 0.717) is 35.1 Å². The number of halogens is 1. The third-order valence-corrected chi connectivity index (χ3v) is 6.27. The van der Waals surface area contributed by atoms with Crippen molar-refractivity contribution in [1.82, 2.24) is 9.97 Å². The molecule has 0 unspecified atom stereocenters. The second-order valence-electron chi connectivity index (χ2n) is 7.60. The summed E-state index contributed by atoms with van der Waals surface area (Å²) in [7, 11) is -1.48. The average molecular weight is 440 g/mol. The first-order valence-corrected chi connectivity index (χ1v) is 11.4. The largest absolute Gasteiger partial charge is 0.474 e. The van der Waals surface area contributed by atoms with Crippen LogP contribution in [0.5, 0.6) is 5.88 Å². The zero-order valence-electron chi connectivity index (χ0n) is 16.4. The van der Waals surface area contributed by atoms with Crippen molar-refractivity contribution in [1.29, 1.82) is 0 Å². The van der Waals surface area contributed by atoms with Crippen LogP contribution in [-0.2, 0) is 20.1 Å². The molecular formula is C18H22ClN5O4S. The molecule has 3 rings (SSSR count). The Morgan fingerprint density at radius 2 is 2.07 bits per heavy atom. The van der Waals surface area contributed by atoms with Crippen LogP contribution in [0.1, 0.15) is 25.3 Å². The van der Waals surface area contributed by atoms with Crippen LogP contribution in [-0.4, -0.2) is 50.2 Å². The Labute approximate surface area is 173 Å². The predicted molar refractivity (Wildman–Crippen MR) is 110 cm³/mol. The molecule has 11 heteroatoms. The van der Waals surface area contributed by atoms with Gasteiger partial charge >= 0.3 is 0 Å². The van der Waals surface area contributed by atoms with Crippen LogP contribution >= 0.6 is 11.6 Å². The number of hydrogen-bond acceptors (Lipinski definition) is 7. The highest BCUT2D eigenvalue weighted by atomic mass is 35.5. The van der Waals surface area contributed by atoms with E-state index in [2.05, 4.69) is 20.0 Å². The fourth-order valence-corrected chi connectivity index (χ4v) is 4.93. The number of aromatic nitrogens is 2. The van der Waals surface area contributed by atoms with Gasteiger partial charge < -0.3 is 9.47 Å². The maximum absolute atomic E-state index is 11.4. The van der Waals surface area contributed by atoms with E-state index in [9.17, 15) is 8.42 Å². The molecule has 29 heavy (non-hydrogen) atoms. The molecule has 9 nitrogen and oxygen atoms in total. The van der Waals surface area contributed by atoms with Crippen LogP contribution in [0.4, 0.5) is 0 Å². The molecule has 1 saturated carbocycles. The van der Waals surface area contributed by atoms with Crippen molar-refractivity contribution in [2.45, 2.75) is 31.4 Å². The molecule has 0 N–H and O–H groups in total. The molecule has 0 bridgehead atoms. The van der Waals surface area contributed by atoms with Gasteiger partial charge in [0.2, 0.25) is 5.88 Å². The summed E-state index contributed by atoms with van der Waals surface area (Å²) in [6.07, 6.45) is 5.60. The lowest BCUT2D eigenvalue weighted by atomic mass is 9.84. The molecule has 1 fully saturated rings. The standard InChI is InChI=1S/C18H22ClN5O4S/c1-18(10-27-2,23-24-20)15-8-22-17(14-7-21-16(19)6-13(14)15)28-12-4-11(5-12)9-29(3,25)26/h6-8,11-12H,4-5,9-10H2,1-3H3/t11-,12+,18-/m1/s1. The molecule has 1 atom stereocenters. The van der Waals surface area contributed by atoms with Gasteiger partial charge in [0.15, 0.2) is 0 Å². The smallest absolute Gasteiger partial charge is 0.223 e. The van der Waals surface area contributed by atoms with Gasteiger partial charge in [-0.2, -0.15) is 0 Å². The SMILES string of the molecule is COC[C@@](C)(N=[N+]=[N-])c1cnc(O[C@H]2C[C@@H](CS(C)(=O)=O)C2)c2cnc(Cl)cc12.